The van der Waals surface area contributed by atoms with E-state index in [2.05, 4.69) is 69.8 Å². The van der Waals surface area contributed by atoms with Crippen LogP contribution in [0.5, 0.6) is 11.5 Å². The summed E-state index contributed by atoms with van der Waals surface area (Å²) < 4.78 is 30.9. The number of ether oxygens (including phenoxy) is 3. The summed E-state index contributed by atoms with van der Waals surface area (Å²) in [5.74, 6) is 1.99. The monoisotopic (exact) mass is 635 g/mol. The first kappa shape index (κ1) is 29.2. The van der Waals surface area contributed by atoms with Gasteiger partial charge in [-0.25, -0.2) is 9.82 Å². The van der Waals surface area contributed by atoms with Gasteiger partial charge in [0.1, 0.15) is 12.4 Å². The first-order valence-electron chi connectivity index (χ1n) is 13.3. The fraction of sp³-hybridized carbons (Fsp3) is 0.267. The van der Waals surface area contributed by atoms with Crippen LogP contribution in [0.25, 0.3) is 0 Å². The number of nitrogens with zero attached hydrogens (tertiary/aromatic N) is 5. The third-order valence-corrected chi connectivity index (χ3v) is 7.07. The van der Waals surface area contributed by atoms with Gasteiger partial charge in [0.2, 0.25) is 17.8 Å². The van der Waals surface area contributed by atoms with Crippen LogP contribution in [0.4, 0.5) is 27.9 Å². The van der Waals surface area contributed by atoms with Crippen molar-refractivity contribution in [3.05, 3.63) is 87.1 Å². The standard InChI is InChI=1S/C30H31BrFN7O3/c1-19-4-5-20(2)25(14-19)34-28-35-29(37-30(36-28)39-10-12-41-13-11-39)38-33-17-22-15-24(31)27(26(16-22)40-3)42-18-21-6-8-23(32)9-7-21/h4-9,14-17H,10-13,18H2,1-3H3,(H2,34,35,36,37,38)/b33-17-. The van der Waals surface area contributed by atoms with E-state index in [-0.39, 0.29) is 12.4 Å². The van der Waals surface area contributed by atoms with Gasteiger partial charge in [-0.05, 0) is 82.4 Å². The smallest absolute Gasteiger partial charge is 0.250 e. The Kier molecular flexibility index (Phi) is 9.45. The van der Waals surface area contributed by atoms with Crippen molar-refractivity contribution >= 4 is 45.7 Å². The number of morpholine rings is 1. The number of methoxy groups -OCH3 is 1. The second kappa shape index (κ2) is 13.6. The van der Waals surface area contributed by atoms with Crippen LogP contribution in [0, 0.1) is 19.7 Å². The van der Waals surface area contributed by atoms with Crippen LogP contribution < -0.4 is 25.1 Å². The third kappa shape index (κ3) is 7.51. The second-order valence-electron chi connectivity index (χ2n) is 9.64. The van der Waals surface area contributed by atoms with Crippen molar-refractivity contribution in [2.75, 3.05) is 49.1 Å². The quantitative estimate of drug-likeness (QED) is 0.160. The molecule has 4 aromatic rings. The van der Waals surface area contributed by atoms with E-state index >= 15 is 0 Å². The molecule has 0 amide bonds. The van der Waals surface area contributed by atoms with Crippen molar-refractivity contribution in [2.24, 2.45) is 5.10 Å². The fourth-order valence-electron chi connectivity index (χ4n) is 4.22. The largest absolute Gasteiger partial charge is 0.493 e. The van der Waals surface area contributed by atoms with Crippen molar-refractivity contribution in [2.45, 2.75) is 20.5 Å². The Morgan fingerprint density at radius 3 is 2.55 bits per heavy atom. The second-order valence-corrected chi connectivity index (χ2v) is 10.5. The minimum Gasteiger partial charge on any atom is -0.493 e. The van der Waals surface area contributed by atoms with Crippen molar-refractivity contribution in [1.82, 2.24) is 15.0 Å². The Morgan fingerprint density at radius 2 is 1.79 bits per heavy atom. The maximum atomic E-state index is 13.2. The molecule has 10 nitrogen and oxygen atoms in total. The number of halogens is 2. The van der Waals surface area contributed by atoms with Gasteiger partial charge in [-0.2, -0.15) is 20.1 Å². The summed E-state index contributed by atoms with van der Waals surface area (Å²) in [6.07, 6.45) is 1.63. The van der Waals surface area contributed by atoms with Crippen LogP contribution >= 0.6 is 15.9 Å². The number of hydrogen-bond acceptors (Lipinski definition) is 10. The molecule has 1 saturated heterocycles. The van der Waals surface area contributed by atoms with Crippen LogP contribution in [0.1, 0.15) is 22.3 Å². The Hall–Kier alpha value is -4.29. The zero-order valence-corrected chi connectivity index (χ0v) is 25.1. The maximum Gasteiger partial charge on any atom is 0.250 e. The molecule has 1 aromatic heterocycles. The average Bonchev–Trinajstić information content (AvgIpc) is 2.99. The molecule has 42 heavy (non-hydrogen) atoms. The van der Waals surface area contributed by atoms with E-state index in [9.17, 15) is 4.39 Å². The third-order valence-electron chi connectivity index (χ3n) is 6.48. The molecule has 2 heterocycles. The van der Waals surface area contributed by atoms with Crippen molar-refractivity contribution < 1.29 is 18.6 Å². The van der Waals surface area contributed by atoms with Crippen LogP contribution in [0.3, 0.4) is 0 Å². The van der Waals surface area contributed by atoms with Gasteiger partial charge >= 0.3 is 0 Å². The fourth-order valence-corrected chi connectivity index (χ4v) is 4.80. The Labute approximate surface area is 252 Å². The molecule has 0 bridgehead atoms. The average molecular weight is 637 g/mol. The van der Waals surface area contributed by atoms with Crippen LogP contribution in [-0.4, -0.2) is 54.6 Å². The lowest BCUT2D eigenvalue weighted by Crippen LogP contribution is -2.37. The van der Waals surface area contributed by atoms with E-state index in [1.807, 2.05) is 19.9 Å². The summed E-state index contributed by atoms with van der Waals surface area (Å²) in [6.45, 7) is 6.89. The van der Waals surface area contributed by atoms with Gasteiger partial charge in [-0.3, -0.25) is 0 Å². The molecule has 3 aromatic carbocycles. The summed E-state index contributed by atoms with van der Waals surface area (Å²) in [6, 6.07) is 16.0. The summed E-state index contributed by atoms with van der Waals surface area (Å²) in [5, 5.41) is 7.70. The van der Waals surface area contributed by atoms with E-state index in [0.29, 0.717) is 60.1 Å². The van der Waals surface area contributed by atoms with Crippen molar-refractivity contribution in [3.8, 4) is 11.5 Å². The number of hydrogen-bond donors (Lipinski definition) is 2. The molecular weight excluding hydrogens is 605 g/mol. The molecule has 0 saturated carbocycles. The lowest BCUT2D eigenvalue weighted by atomic mass is 10.1. The highest BCUT2D eigenvalue weighted by atomic mass is 79.9. The molecular formula is C30H31BrFN7O3. The van der Waals surface area contributed by atoms with Gasteiger partial charge < -0.3 is 24.4 Å². The summed E-state index contributed by atoms with van der Waals surface area (Å²) >= 11 is 3.56. The van der Waals surface area contributed by atoms with E-state index in [0.717, 1.165) is 27.9 Å². The highest BCUT2D eigenvalue weighted by molar-refractivity contribution is 9.10. The van der Waals surface area contributed by atoms with Crippen LogP contribution in [0.15, 0.2) is 64.2 Å². The van der Waals surface area contributed by atoms with E-state index in [4.69, 9.17) is 14.2 Å². The normalized spacial score (nSPS) is 13.3. The number of nitrogens with one attached hydrogen (secondary N) is 2. The number of benzene rings is 3. The lowest BCUT2D eigenvalue weighted by Gasteiger charge is -2.27. The molecule has 5 rings (SSSR count). The number of aryl methyl sites for hydroxylation is 2. The molecule has 12 heteroatoms. The van der Waals surface area contributed by atoms with E-state index in [1.165, 1.54) is 12.1 Å². The first-order valence-corrected chi connectivity index (χ1v) is 14.1. The lowest BCUT2D eigenvalue weighted by molar-refractivity contribution is 0.122. The predicted octanol–water partition coefficient (Wildman–Crippen LogP) is 6.00. The zero-order valence-electron chi connectivity index (χ0n) is 23.5. The summed E-state index contributed by atoms with van der Waals surface area (Å²) in [4.78, 5) is 15.9. The highest BCUT2D eigenvalue weighted by Crippen LogP contribution is 2.37. The molecule has 0 atom stereocenters. The van der Waals surface area contributed by atoms with Gasteiger partial charge in [0, 0.05) is 18.8 Å². The molecule has 1 aliphatic heterocycles. The number of hydrazone groups is 1. The van der Waals surface area contributed by atoms with E-state index in [1.54, 1.807) is 31.5 Å². The molecule has 2 N–H and O–H groups in total. The molecule has 0 unspecified atom stereocenters. The van der Waals surface area contributed by atoms with Gasteiger partial charge in [-0.1, -0.05) is 24.3 Å². The molecule has 0 radical (unpaired) electrons. The minimum atomic E-state index is -0.293. The van der Waals surface area contributed by atoms with E-state index < -0.39 is 0 Å². The summed E-state index contributed by atoms with van der Waals surface area (Å²) in [5.41, 5.74) is 7.64. The first-order chi connectivity index (χ1) is 20.4. The molecule has 1 fully saturated rings. The van der Waals surface area contributed by atoms with Crippen molar-refractivity contribution in [3.63, 3.8) is 0 Å². The Bertz CT molecular complexity index is 1560. The highest BCUT2D eigenvalue weighted by Gasteiger charge is 2.17. The maximum absolute atomic E-state index is 13.2. The molecule has 0 aliphatic carbocycles. The SMILES string of the molecule is COc1cc(/C=N\Nc2nc(Nc3cc(C)ccc3C)nc(N3CCOCC3)n2)cc(Br)c1OCc1ccc(F)cc1. The van der Waals surface area contributed by atoms with Gasteiger partial charge in [0.25, 0.3) is 0 Å². The van der Waals surface area contributed by atoms with Crippen LogP contribution in [-0.2, 0) is 11.3 Å². The predicted molar refractivity (Wildman–Crippen MR) is 165 cm³/mol. The molecule has 218 valence electrons. The Balaban J connectivity index is 1.34. The minimum absolute atomic E-state index is 0.257. The van der Waals surface area contributed by atoms with Crippen molar-refractivity contribution in [1.29, 1.82) is 0 Å². The topological polar surface area (TPSA) is 106 Å². The van der Waals surface area contributed by atoms with Gasteiger partial charge in [0.15, 0.2) is 11.5 Å². The van der Waals surface area contributed by atoms with Gasteiger partial charge in [-0.15, -0.1) is 0 Å². The zero-order chi connectivity index (χ0) is 29.5. The molecule has 0 spiro atoms. The summed E-state index contributed by atoms with van der Waals surface area (Å²) in [7, 11) is 1.56. The number of rotatable bonds is 10. The number of aromatic nitrogens is 3. The van der Waals surface area contributed by atoms with Gasteiger partial charge in [0.05, 0.1) is 31.0 Å². The Morgan fingerprint density at radius 1 is 1.02 bits per heavy atom. The number of anilines is 4. The van der Waals surface area contributed by atoms with Crippen LogP contribution in [0.2, 0.25) is 0 Å². The molecule has 1 aliphatic rings.